The molecule has 0 N–H and O–H groups in total. The maximum Gasteiger partial charge on any atom is 0.145 e. The molecule has 1 spiro atoms. The van der Waals surface area contributed by atoms with E-state index in [2.05, 4.69) is 94.8 Å². The summed E-state index contributed by atoms with van der Waals surface area (Å²) in [4.78, 5) is 4.94. The van der Waals surface area contributed by atoms with Gasteiger partial charge in [0.2, 0.25) is 0 Å². The smallest absolute Gasteiger partial charge is 0.145 e. The van der Waals surface area contributed by atoms with Gasteiger partial charge in [-0.3, -0.25) is 4.98 Å². The first kappa shape index (κ1) is 17.8. The summed E-state index contributed by atoms with van der Waals surface area (Å²) in [5.41, 5.74) is 11.1. The van der Waals surface area contributed by atoms with Crippen molar-refractivity contribution >= 4 is 37.9 Å². The Hall–Kier alpha value is -3.69. The molecule has 2 heterocycles. The molecule has 3 heteroatoms. The van der Waals surface area contributed by atoms with Gasteiger partial charge in [-0.1, -0.05) is 88.7 Å². The van der Waals surface area contributed by atoms with Gasteiger partial charge in [0.15, 0.2) is 0 Å². The van der Waals surface area contributed by atoms with Crippen molar-refractivity contribution in [2.45, 2.75) is 5.41 Å². The summed E-state index contributed by atoms with van der Waals surface area (Å²) in [6.07, 6.45) is 1.89. The third-order valence-electron chi connectivity index (χ3n) is 7.42. The number of hydrogen-bond donors (Lipinski definition) is 0. The van der Waals surface area contributed by atoms with E-state index in [0.717, 1.165) is 37.7 Å². The molecule has 4 aromatic carbocycles. The van der Waals surface area contributed by atoms with Crippen LogP contribution in [0.3, 0.4) is 0 Å². The number of halogens is 1. The Morgan fingerprint density at radius 2 is 1.42 bits per heavy atom. The van der Waals surface area contributed by atoms with E-state index in [4.69, 9.17) is 9.40 Å². The quantitative estimate of drug-likeness (QED) is 0.217. The van der Waals surface area contributed by atoms with Crippen LogP contribution in [0.4, 0.5) is 0 Å². The highest BCUT2D eigenvalue weighted by atomic mass is 79.9. The van der Waals surface area contributed by atoms with Gasteiger partial charge in [0.1, 0.15) is 11.2 Å². The highest BCUT2D eigenvalue weighted by Crippen LogP contribution is 2.64. The summed E-state index contributed by atoms with van der Waals surface area (Å²) in [5, 5.41) is 2.28. The molecule has 2 aliphatic carbocycles. The number of para-hydroxylation sites is 1. The second-order valence-electron chi connectivity index (χ2n) is 8.82. The van der Waals surface area contributed by atoms with E-state index in [1.807, 2.05) is 18.3 Å². The number of rotatable bonds is 0. The molecule has 0 saturated heterocycles. The fourth-order valence-corrected chi connectivity index (χ4v) is 6.83. The van der Waals surface area contributed by atoms with Crippen LogP contribution in [0.15, 0.2) is 106 Å². The number of benzene rings is 4. The molecule has 8 rings (SSSR count). The predicted octanol–water partition coefficient (Wildman–Crippen LogP) is 8.09. The van der Waals surface area contributed by atoms with Crippen LogP contribution < -0.4 is 0 Å². The molecule has 2 aromatic heterocycles. The first-order valence-corrected chi connectivity index (χ1v) is 11.9. The standard InChI is InChI=1S/C30H16BrNO/c31-24-12-5-10-21-26(24)19-8-1-3-9-20(19)30(21)22-15-14-18-17-7-2-4-13-25(17)33-29(18)27(22)28-23(30)11-6-16-32-28/h1-16H. The molecule has 0 bridgehead atoms. The monoisotopic (exact) mass is 485 g/mol. The molecule has 1 unspecified atom stereocenters. The molecule has 154 valence electrons. The van der Waals surface area contributed by atoms with Crippen molar-refractivity contribution in [3.8, 4) is 22.4 Å². The minimum absolute atomic E-state index is 0.415. The van der Waals surface area contributed by atoms with Crippen LogP contribution in [-0.2, 0) is 5.41 Å². The molecule has 1 atom stereocenters. The van der Waals surface area contributed by atoms with E-state index < -0.39 is 5.41 Å². The lowest BCUT2D eigenvalue weighted by atomic mass is 9.71. The van der Waals surface area contributed by atoms with E-state index in [1.54, 1.807) is 0 Å². The van der Waals surface area contributed by atoms with Crippen molar-refractivity contribution in [3.05, 3.63) is 124 Å². The summed E-state index contributed by atoms with van der Waals surface area (Å²) in [6, 6.07) is 32.4. The number of furan rings is 1. The average molecular weight is 486 g/mol. The zero-order valence-electron chi connectivity index (χ0n) is 17.5. The molecule has 33 heavy (non-hydrogen) atoms. The highest BCUT2D eigenvalue weighted by molar-refractivity contribution is 9.10. The summed E-state index contributed by atoms with van der Waals surface area (Å²) in [6.45, 7) is 0. The first-order valence-electron chi connectivity index (χ1n) is 11.1. The lowest BCUT2D eigenvalue weighted by molar-refractivity contribution is 0.669. The fourth-order valence-electron chi connectivity index (χ4n) is 6.25. The Labute approximate surface area is 198 Å². The van der Waals surface area contributed by atoms with Gasteiger partial charge in [0, 0.05) is 32.6 Å². The molecule has 2 nitrogen and oxygen atoms in total. The number of aromatic nitrogens is 1. The van der Waals surface area contributed by atoms with Crippen molar-refractivity contribution in [2.24, 2.45) is 0 Å². The molecule has 0 saturated carbocycles. The molecule has 0 radical (unpaired) electrons. The second kappa shape index (κ2) is 6.00. The third-order valence-corrected chi connectivity index (χ3v) is 8.08. The number of hydrogen-bond acceptors (Lipinski definition) is 2. The maximum absolute atomic E-state index is 6.51. The largest absolute Gasteiger partial charge is 0.455 e. The van der Waals surface area contributed by atoms with Gasteiger partial charge in [0.05, 0.1) is 11.1 Å². The Morgan fingerprint density at radius 3 is 2.39 bits per heavy atom. The van der Waals surface area contributed by atoms with Gasteiger partial charge in [-0.25, -0.2) is 0 Å². The fraction of sp³-hybridized carbons (Fsp3) is 0.0333. The number of fused-ring (bicyclic) bond motifs is 14. The minimum Gasteiger partial charge on any atom is -0.455 e. The predicted molar refractivity (Wildman–Crippen MR) is 136 cm³/mol. The Kier molecular flexibility index (Phi) is 3.24. The molecular formula is C30H16BrNO. The molecule has 2 aliphatic rings. The van der Waals surface area contributed by atoms with Crippen LogP contribution in [0.25, 0.3) is 44.3 Å². The van der Waals surface area contributed by atoms with Crippen molar-refractivity contribution in [3.63, 3.8) is 0 Å². The van der Waals surface area contributed by atoms with Crippen molar-refractivity contribution in [1.82, 2.24) is 4.98 Å². The topological polar surface area (TPSA) is 26.0 Å². The average Bonchev–Trinajstić information content (AvgIpc) is 3.48. The maximum atomic E-state index is 6.51. The minimum atomic E-state index is -0.415. The highest BCUT2D eigenvalue weighted by Gasteiger charge is 2.53. The van der Waals surface area contributed by atoms with Gasteiger partial charge in [-0.15, -0.1) is 0 Å². The molecule has 6 aromatic rings. The van der Waals surface area contributed by atoms with E-state index in [0.29, 0.717) is 0 Å². The van der Waals surface area contributed by atoms with Gasteiger partial charge in [-0.2, -0.15) is 0 Å². The Morgan fingerprint density at radius 1 is 0.636 bits per heavy atom. The van der Waals surface area contributed by atoms with E-state index >= 15 is 0 Å². The van der Waals surface area contributed by atoms with Crippen LogP contribution in [0, 0.1) is 0 Å². The van der Waals surface area contributed by atoms with E-state index in [-0.39, 0.29) is 0 Å². The normalized spacial score (nSPS) is 17.4. The van der Waals surface area contributed by atoms with Gasteiger partial charge in [0.25, 0.3) is 0 Å². The zero-order chi connectivity index (χ0) is 21.7. The van der Waals surface area contributed by atoms with Crippen LogP contribution in [-0.4, -0.2) is 4.98 Å². The number of pyridine rings is 1. The van der Waals surface area contributed by atoms with Gasteiger partial charge < -0.3 is 4.42 Å². The van der Waals surface area contributed by atoms with E-state index in [9.17, 15) is 0 Å². The molecule has 0 fully saturated rings. The Bertz CT molecular complexity index is 1800. The molecular weight excluding hydrogens is 470 g/mol. The lowest BCUT2D eigenvalue weighted by Gasteiger charge is -2.30. The SMILES string of the molecule is Brc1cccc2c1-c1ccccc1C21c2cccnc2-c2c1ccc1c2oc2ccccc21. The number of nitrogens with zero attached hydrogens (tertiary/aromatic N) is 1. The van der Waals surface area contributed by atoms with Crippen LogP contribution in [0.1, 0.15) is 22.3 Å². The third kappa shape index (κ3) is 1.95. The lowest BCUT2D eigenvalue weighted by Crippen LogP contribution is -2.25. The summed E-state index contributed by atoms with van der Waals surface area (Å²) in [7, 11) is 0. The first-order chi connectivity index (χ1) is 16.3. The van der Waals surface area contributed by atoms with Crippen molar-refractivity contribution < 1.29 is 4.42 Å². The van der Waals surface area contributed by atoms with Crippen LogP contribution in [0.5, 0.6) is 0 Å². The Balaban J connectivity index is 1.63. The molecule has 0 amide bonds. The zero-order valence-corrected chi connectivity index (χ0v) is 19.1. The van der Waals surface area contributed by atoms with Crippen molar-refractivity contribution in [1.29, 1.82) is 0 Å². The second-order valence-corrected chi connectivity index (χ2v) is 9.67. The van der Waals surface area contributed by atoms with Gasteiger partial charge >= 0.3 is 0 Å². The summed E-state index contributed by atoms with van der Waals surface area (Å²) < 4.78 is 7.62. The summed E-state index contributed by atoms with van der Waals surface area (Å²) >= 11 is 3.86. The summed E-state index contributed by atoms with van der Waals surface area (Å²) in [5.74, 6) is 0. The van der Waals surface area contributed by atoms with Crippen molar-refractivity contribution in [2.75, 3.05) is 0 Å². The van der Waals surface area contributed by atoms with Crippen LogP contribution in [0.2, 0.25) is 0 Å². The molecule has 0 aliphatic heterocycles. The van der Waals surface area contributed by atoms with Gasteiger partial charge in [-0.05, 0) is 46.0 Å². The van der Waals surface area contributed by atoms with E-state index in [1.165, 1.54) is 33.4 Å². The van der Waals surface area contributed by atoms with Crippen LogP contribution >= 0.6 is 15.9 Å².